The van der Waals surface area contributed by atoms with Gasteiger partial charge in [0.2, 0.25) is 0 Å². The monoisotopic (exact) mass is 268 g/mol. The Morgan fingerprint density at radius 1 is 1.00 bits per heavy atom. The Balaban J connectivity index is 3.09. The first-order chi connectivity index (χ1) is 9.16. The zero-order valence-corrected chi connectivity index (χ0v) is 13.1. The van der Waals surface area contributed by atoms with Gasteiger partial charge >= 0.3 is 5.97 Å². The number of hydrogen-bond donors (Lipinski definition) is 0. The molecule has 0 saturated carbocycles. The highest BCUT2D eigenvalue weighted by Crippen LogP contribution is 2.13. The molecule has 0 amide bonds. The minimum atomic E-state index is -0.160. The van der Waals surface area contributed by atoms with Crippen LogP contribution in [0.5, 0.6) is 0 Å². The number of rotatable bonds is 12. The molecule has 0 spiro atoms. The largest absolute Gasteiger partial charge is 0.466 e. The van der Waals surface area contributed by atoms with E-state index in [0.29, 0.717) is 6.61 Å². The van der Waals surface area contributed by atoms with Crippen LogP contribution in [0.1, 0.15) is 78.6 Å². The van der Waals surface area contributed by atoms with Gasteiger partial charge in [-0.1, -0.05) is 64.0 Å². The van der Waals surface area contributed by atoms with Crippen molar-refractivity contribution in [2.24, 2.45) is 5.92 Å². The summed E-state index contributed by atoms with van der Waals surface area (Å²) in [6.07, 6.45) is 16.0. The molecule has 0 aliphatic carbocycles. The number of unbranched alkanes of at least 4 members (excludes halogenated alkanes) is 7. The van der Waals surface area contributed by atoms with Gasteiger partial charge in [0.05, 0.1) is 6.61 Å². The van der Waals surface area contributed by atoms with Gasteiger partial charge in [-0.15, -0.1) is 0 Å². The van der Waals surface area contributed by atoms with E-state index in [-0.39, 0.29) is 5.97 Å². The van der Waals surface area contributed by atoms with E-state index in [1.165, 1.54) is 58.3 Å². The quantitative estimate of drug-likeness (QED) is 0.274. The maximum Gasteiger partial charge on any atom is 0.302 e. The van der Waals surface area contributed by atoms with Gasteiger partial charge in [-0.3, -0.25) is 4.79 Å². The summed E-state index contributed by atoms with van der Waals surface area (Å²) in [5.74, 6) is 0.582. The number of hydrogen-bond acceptors (Lipinski definition) is 2. The molecule has 112 valence electrons. The Bertz CT molecular complexity index is 233. The van der Waals surface area contributed by atoms with Crippen molar-refractivity contribution in [2.45, 2.75) is 78.6 Å². The highest BCUT2D eigenvalue weighted by Gasteiger charge is 1.97. The van der Waals surface area contributed by atoms with Gasteiger partial charge in [-0.05, 0) is 25.7 Å². The molecule has 19 heavy (non-hydrogen) atoms. The van der Waals surface area contributed by atoms with Crippen LogP contribution in [0.4, 0.5) is 0 Å². The summed E-state index contributed by atoms with van der Waals surface area (Å²) < 4.78 is 4.90. The standard InChI is InChI=1S/C17H32O2/c1-4-13-16(2)14-11-9-7-5-6-8-10-12-15-19-17(3)18/h4,13,16H,5-12,14-15H2,1-3H3/b13-4+. The summed E-state index contributed by atoms with van der Waals surface area (Å²) in [4.78, 5) is 10.5. The Morgan fingerprint density at radius 3 is 2.05 bits per heavy atom. The molecule has 1 atom stereocenters. The number of carbonyl (C=O) groups excluding carboxylic acids is 1. The Kier molecular flexibility index (Phi) is 13.1. The molecule has 0 fully saturated rings. The van der Waals surface area contributed by atoms with Crippen LogP contribution in [0.25, 0.3) is 0 Å². The lowest BCUT2D eigenvalue weighted by Gasteiger charge is -2.06. The fourth-order valence-electron chi connectivity index (χ4n) is 2.27. The minimum absolute atomic E-state index is 0.160. The van der Waals surface area contributed by atoms with Gasteiger partial charge in [0.15, 0.2) is 0 Å². The Hall–Kier alpha value is -0.790. The zero-order chi connectivity index (χ0) is 14.3. The molecule has 2 nitrogen and oxygen atoms in total. The average molecular weight is 268 g/mol. The van der Waals surface area contributed by atoms with Crippen molar-refractivity contribution in [1.82, 2.24) is 0 Å². The van der Waals surface area contributed by atoms with Crippen LogP contribution in [0.2, 0.25) is 0 Å². The molecule has 1 unspecified atom stereocenters. The molecule has 0 aromatic carbocycles. The van der Waals surface area contributed by atoms with Gasteiger partial charge in [0.25, 0.3) is 0 Å². The molecule has 0 rings (SSSR count). The maximum absolute atomic E-state index is 10.5. The molecule has 0 aromatic heterocycles. The van der Waals surface area contributed by atoms with Gasteiger partial charge in [-0.25, -0.2) is 0 Å². The summed E-state index contributed by atoms with van der Waals surface area (Å²) in [6, 6.07) is 0. The molecule has 0 aliphatic rings. The molecule has 0 saturated heterocycles. The van der Waals surface area contributed by atoms with Crippen molar-refractivity contribution >= 4 is 5.97 Å². The predicted molar refractivity (Wildman–Crippen MR) is 82.2 cm³/mol. The van der Waals surface area contributed by atoms with Gasteiger partial charge < -0.3 is 4.74 Å². The lowest BCUT2D eigenvalue weighted by molar-refractivity contribution is -0.141. The fraction of sp³-hybridized carbons (Fsp3) is 0.824. The van der Waals surface area contributed by atoms with Crippen molar-refractivity contribution in [1.29, 1.82) is 0 Å². The molecule has 0 bridgehead atoms. The van der Waals surface area contributed by atoms with Crippen molar-refractivity contribution < 1.29 is 9.53 Å². The van der Waals surface area contributed by atoms with Crippen molar-refractivity contribution in [3.63, 3.8) is 0 Å². The highest BCUT2D eigenvalue weighted by atomic mass is 16.5. The minimum Gasteiger partial charge on any atom is -0.466 e. The van der Waals surface area contributed by atoms with Crippen LogP contribution in [-0.4, -0.2) is 12.6 Å². The first kappa shape index (κ1) is 18.2. The number of carbonyl (C=O) groups is 1. The summed E-state index contributed by atoms with van der Waals surface area (Å²) >= 11 is 0. The van der Waals surface area contributed by atoms with Gasteiger partial charge in [0, 0.05) is 6.92 Å². The van der Waals surface area contributed by atoms with Gasteiger partial charge in [0.1, 0.15) is 0 Å². The first-order valence-electron chi connectivity index (χ1n) is 7.93. The fourth-order valence-corrected chi connectivity index (χ4v) is 2.27. The zero-order valence-electron chi connectivity index (χ0n) is 13.1. The molecule has 0 aromatic rings. The lowest BCUT2D eigenvalue weighted by Crippen LogP contribution is -2.00. The second-order valence-electron chi connectivity index (χ2n) is 5.46. The summed E-state index contributed by atoms with van der Waals surface area (Å²) in [7, 11) is 0. The molecule has 0 radical (unpaired) electrons. The normalized spacial score (nSPS) is 12.8. The maximum atomic E-state index is 10.5. The third-order valence-corrected chi connectivity index (χ3v) is 3.38. The van der Waals surface area contributed by atoms with E-state index in [2.05, 4.69) is 26.0 Å². The van der Waals surface area contributed by atoms with Crippen LogP contribution in [0.15, 0.2) is 12.2 Å². The molecule has 0 heterocycles. The van der Waals surface area contributed by atoms with Crippen LogP contribution in [0.3, 0.4) is 0 Å². The second-order valence-corrected chi connectivity index (χ2v) is 5.46. The van der Waals surface area contributed by atoms with E-state index in [9.17, 15) is 4.79 Å². The van der Waals surface area contributed by atoms with Crippen LogP contribution >= 0.6 is 0 Å². The first-order valence-corrected chi connectivity index (χ1v) is 7.93. The molecular weight excluding hydrogens is 236 g/mol. The average Bonchev–Trinajstić information content (AvgIpc) is 2.36. The van der Waals surface area contributed by atoms with Crippen molar-refractivity contribution in [3.05, 3.63) is 12.2 Å². The highest BCUT2D eigenvalue weighted by molar-refractivity contribution is 5.65. The third kappa shape index (κ3) is 15.2. The second kappa shape index (κ2) is 13.6. The van der Waals surface area contributed by atoms with Crippen LogP contribution in [-0.2, 0) is 9.53 Å². The van der Waals surface area contributed by atoms with E-state index >= 15 is 0 Å². The summed E-state index contributed by atoms with van der Waals surface area (Å²) in [6.45, 7) is 6.45. The van der Waals surface area contributed by atoms with Crippen molar-refractivity contribution in [3.8, 4) is 0 Å². The SMILES string of the molecule is C/C=C/C(C)CCCCCCCCCCOC(C)=O. The van der Waals surface area contributed by atoms with Crippen LogP contribution < -0.4 is 0 Å². The van der Waals surface area contributed by atoms with E-state index in [1.807, 2.05) is 0 Å². The smallest absolute Gasteiger partial charge is 0.302 e. The van der Waals surface area contributed by atoms with E-state index < -0.39 is 0 Å². The van der Waals surface area contributed by atoms with E-state index in [4.69, 9.17) is 4.74 Å². The summed E-state index contributed by atoms with van der Waals surface area (Å²) in [5.41, 5.74) is 0. The Morgan fingerprint density at radius 2 is 1.53 bits per heavy atom. The number of esters is 1. The molecule has 0 N–H and O–H groups in total. The third-order valence-electron chi connectivity index (χ3n) is 3.38. The predicted octanol–water partition coefficient (Wildman–Crippen LogP) is 5.27. The van der Waals surface area contributed by atoms with E-state index in [0.717, 1.165) is 12.3 Å². The molecule has 2 heteroatoms. The summed E-state index contributed by atoms with van der Waals surface area (Å²) in [5, 5.41) is 0. The van der Waals surface area contributed by atoms with Gasteiger partial charge in [-0.2, -0.15) is 0 Å². The lowest BCUT2D eigenvalue weighted by atomic mass is 10.0. The van der Waals surface area contributed by atoms with E-state index in [1.54, 1.807) is 0 Å². The molecular formula is C17H32O2. The molecule has 0 aliphatic heterocycles. The number of ether oxygens (including phenoxy) is 1. The Labute approximate surface area is 119 Å². The topological polar surface area (TPSA) is 26.3 Å². The van der Waals surface area contributed by atoms with Crippen LogP contribution in [0, 0.1) is 5.92 Å². The number of allylic oxidation sites excluding steroid dienone is 2. The van der Waals surface area contributed by atoms with Crippen molar-refractivity contribution in [2.75, 3.05) is 6.61 Å².